The van der Waals surface area contributed by atoms with Gasteiger partial charge in [-0.05, 0) is 25.2 Å². The number of halogens is 1. The second-order valence-corrected chi connectivity index (χ2v) is 5.29. The number of ketones is 1. The van der Waals surface area contributed by atoms with Crippen LogP contribution in [-0.2, 0) is 0 Å². The van der Waals surface area contributed by atoms with E-state index in [9.17, 15) is 10.1 Å². The predicted octanol–water partition coefficient (Wildman–Crippen LogP) is 1.74. The van der Waals surface area contributed by atoms with E-state index in [-0.39, 0.29) is 5.78 Å². The van der Waals surface area contributed by atoms with E-state index in [1.54, 1.807) is 18.2 Å². The van der Waals surface area contributed by atoms with Crippen molar-refractivity contribution in [2.45, 2.75) is 6.10 Å². The quantitative estimate of drug-likeness (QED) is 0.715. The molecule has 0 amide bonds. The maximum Gasteiger partial charge on any atom is 0.192 e. The van der Waals surface area contributed by atoms with E-state index < -0.39 is 11.5 Å². The first-order valence-corrected chi connectivity index (χ1v) is 6.05. The Labute approximate surface area is 110 Å². The Balaban J connectivity index is 2.16. The zero-order valence-electron chi connectivity index (χ0n) is 9.81. The molecular weight excluding hydrogens is 252 g/mol. The van der Waals surface area contributed by atoms with Crippen molar-refractivity contribution in [3.05, 3.63) is 28.8 Å². The lowest BCUT2D eigenvalue weighted by Crippen LogP contribution is -2.47. The number of fused-ring (bicyclic) bond motifs is 2. The van der Waals surface area contributed by atoms with Gasteiger partial charge >= 0.3 is 0 Å². The van der Waals surface area contributed by atoms with Crippen LogP contribution in [0.25, 0.3) is 0 Å². The molecule has 2 heterocycles. The van der Waals surface area contributed by atoms with Gasteiger partial charge in [0, 0.05) is 18.1 Å². The zero-order valence-corrected chi connectivity index (χ0v) is 10.6. The van der Waals surface area contributed by atoms with Gasteiger partial charge in [-0.2, -0.15) is 5.26 Å². The molecule has 0 saturated carbocycles. The van der Waals surface area contributed by atoms with Gasteiger partial charge < -0.3 is 9.64 Å². The number of likely N-dealkylation sites (N-methyl/N-ethyl adjacent to an activating group) is 1. The number of hydrogen-bond donors (Lipinski definition) is 0. The van der Waals surface area contributed by atoms with Crippen LogP contribution in [0.4, 0.5) is 0 Å². The van der Waals surface area contributed by atoms with Gasteiger partial charge in [0.15, 0.2) is 11.2 Å². The summed E-state index contributed by atoms with van der Waals surface area (Å²) < 4.78 is 5.80. The van der Waals surface area contributed by atoms with Gasteiger partial charge in [0.05, 0.1) is 11.6 Å². The monoisotopic (exact) mass is 262 g/mol. The molecule has 1 saturated heterocycles. The molecule has 0 aliphatic carbocycles. The van der Waals surface area contributed by atoms with Crippen LogP contribution in [-0.4, -0.2) is 36.9 Å². The molecule has 3 rings (SSSR count). The molecule has 0 N–H and O–H groups in total. The van der Waals surface area contributed by atoms with Gasteiger partial charge in [0.2, 0.25) is 0 Å². The Hall–Kier alpha value is -1.57. The number of carbonyl (C=O) groups excluding carboxylic acids is 1. The second kappa shape index (κ2) is 3.71. The maximum absolute atomic E-state index is 12.6. The summed E-state index contributed by atoms with van der Waals surface area (Å²) in [5.41, 5.74) is -0.678. The largest absolute Gasteiger partial charge is 0.486 e. The number of benzene rings is 1. The van der Waals surface area contributed by atoms with E-state index in [1.807, 2.05) is 11.9 Å². The fourth-order valence-electron chi connectivity index (χ4n) is 2.72. The Morgan fingerprint density at radius 1 is 1.61 bits per heavy atom. The van der Waals surface area contributed by atoms with E-state index in [2.05, 4.69) is 6.07 Å². The topological polar surface area (TPSA) is 53.3 Å². The first-order valence-electron chi connectivity index (χ1n) is 5.67. The second-order valence-electron chi connectivity index (χ2n) is 4.86. The highest BCUT2D eigenvalue weighted by atomic mass is 35.5. The molecule has 0 radical (unpaired) electrons. The molecule has 1 aromatic rings. The SMILES string of the molecule is CN1C[C@@H]2Oc3ccc(Cl)cc3C(=O)[C@]2(C#N)C1. The molecule has 0 unspecified atom stereocenters. The summed E-state index contributed by atoms with van der Waals surface area (Å²) in [6.45, 7) is 0.986. The van der Waals surface area contributed by atoms with Gasteiger partial charge in [0.1, 0.15) is 11.9 Å². The molecule has 0 bridgehead atoms. The summed E-state index contributed by atoms with van der Waals surface area (Å²) in [6, 6.07) is 7.11. The fourth-order valence-corrected chi connectivity index (χ4v) is 2.89. The molecule has 1 fully saturated rings. The Morgan fingerprint density at radius 3 is 3.11 bits per heavy atom. The number of Topliss-reactive ketones (excluding diaryl/α,β-unsaturated/α-hetero) is 1. The van der Waals surface area contributed by atoms with Crippen molar-refractivity contribution in [1.82, 2.24) is 4.90 Å². The molecule has 0 spiro atoms. The molecule has 92 valence electrons. The van der Waals surface area contributed by atoms with E-state index >= 15 is 0 Å². The van der Waals surface area contributed by atoms with Crippen LogP contribution >= 0.6 is 11.6 Å². The van der Waals surface area contributed by atoms with E-state index in [4.69, 9.17) is 16.3 Å². The summed E-state index contributed by atoms with van der Waals surface area (Å²) in [4.78, 5) is 14.5. The van der Waals surface area contributed by atoms with Crippen LogP contribution in [0.3, 0.4) is 0 Å². The van der Waals surface area contributed by atoms with Crippen LogP contribution in [0.1, 0.15) is 10.4 Å². The third kappa shape index (κ3) is 1.38. The lowest BCUT2D eigenvalue weighted by atomic mass is 9.77. The van der Waals surface area contributed by atoms with Crippen molar-refractivity contribution in [1.29, 1.82) is 5.26 Å². The molecule has 2 aliphatic heterocycles. The van der Waals surface area contributed by atoms with Crippen LogP contribution in [0.15, 0.2) is 18.2 Å². The highest BCUT2D eigenvalue weighted by Crippen LogP contribution is 2.43. The van der Waals surface area contributed by atoms with Crippen molar-refractivity contribution in [3.8, 4) is 11.8 Å². The van der Waals surface area contributed by atoms with E-state index in [0.717, 1.165) is 0 Å². The van der Waals surface area contributed by atoms with Crippen molar-refractivity contribution in [3.63, 3.8) is 0 Å². The standard InChI is InChI=1S/C13H11ClN2O2/c1-16-5-11-13(6-15,7-16)12(17)9-4-8(14)2-3-10(9)18-11/h2-4,11H,5,7H2,1H3/t11-,13+/m0/s1. The third-order valence-corrected chi connectivity index (χ3v) is 3.84. The van der Waals surface area contributed by atoms with Gasteiger partial charge in [-0.25, -0.2) is 0 Å². The van der Waals surface area contributed by atoms with Crippen molar-refractivity contribution >= 4 is 17.4 Å². The average molecular weight is 263 g/mol. The summed E-state index contributed by atoms with van der Waals surface area (Å²) in [6.07, 6.45) is -0.395. The Bertz CT molecular complexity index is 581. The summed E-state index contributed by atoms with van der Waals surface area (Å²) in [5.74, 6) is 0.346. The first kappa shape index (κ1) is 11.5. The van der Waals surface area contributed by atoms with Crippen molar-refractivity contribution in [2.24, 2.45) is 5.41 Å². The molecule has 2 atom stereocenters. The lowest BCUT2D eigenvalue weighted by molar-refractivity contribution is 0.0626. The molecule has 4 nitrogen and oxygen atoms in total. The number of carbonyl (C=O) groups is 1. The Morgan fingerprint density at radius 2 is 2.39 bits per heavy atom. The summed E-state index contributed by atoms with van der Waals surface area (Å²) in [5, 5.41) is 9.90. The normalized spacial score (nSPS) is 30.3. The molecule has 2 aliphatic rings. The molecule has 5 heteroatoms. The lowest BCUT2D eigenvalue weighted by Gasteiger charge is -2.32. The average Bonchev–Trinajstić information content (AvgIpc) is 2.68. The molecule has 18 heavy (non-hydrogen) atoms. The maximum atomic E-state index is 12.6. The first-order chi connectivity index (χ1) is 8.56. The summed E-state index contributed by atoms with van der Waals surface area (Å²) in [7, 11) is 1.88. The summed E-state index contributed by atoms with van der Waals surface area (Å²) >= 11 is 5.90. The van der Waals surface area contributed by atoms with Crippen molar-refractivity contribution < 1.29 is 9.53 Å². The van der Waals surface area contributed by atoms with Crippen LogP contribution in [0.2, 0.25) is 5.02 Å². The fraction of sp³-hybridized carbons (Fsp3) is 0.385. The number of ether oxygens (including phenoxy) is 1. The van der Waals surface area contributed by atoms with Crippen molar-refractivity contribution in [2.75, 3.05) is 20.1 Å². The van der Waals surface area contributed by atoms with Gasteiger partial charge in [-0.1, -0.05) is 11.6 Å². The van der Waals surface area contributed by atoms with E-state index in [0.29, 0.717) is 29.4 Å². The highest BCUT2D eigenvalue weighted by Gasteiger charge is 2.56. The number of likely N-dealkylation sites (tertiary alicyclic amines) is 1. The number of nitriles is 1. The van der Waals surface area contributed by atoms with Gasteiger partial charge in [-0.15, -0.1) is 0 Å². The zero-order chi connectivity index (χ0) is 12.9. The van der Waals surface area contributed by atoms with Gasteiger partial charge in [0.25, 0.3) is 0 Å². The van der Waals surface area contributed by atoms with Crippen LogP contribution in [0.5, 0.6) is 5.75 Å². The van der Waals surface area contributed by atoms with Crippen LogP contribution in [0, 0.1) is 16.7 Å². The minimum absolute atomic E-state index is 0.178. The molecule has 1 aromatic carbocycles. The smallest absolute Gasteiger partial charge is 0.192 e. The number of nitrogens with zero attached hydrogens (tertiary/aromatic N) is 2. The Kier molecular flexibility index (Phi) is 2.37. The predicted molar refractivity (Wildman–Crippen MR) is 65.7 cm³/mol. The number of rotatable bonds is 0. The molecular formula is C13H11ClN2O2. The minimum atomic E-state index is -1.09. The minimum Gasteiger partial charge on any atom is -0.486 e. The highest BCUT2D eigenvalue weighted by molar-refractivity contribution is 6.31. The molecule has 0 aromatic heterocycles. The van der Waals surface area contributed by atoms with Gasteiger partial charge in [-0.3, -0.25) is 4.79 Å². The van der Waals surface area contributed by atoms with Crippen LogP contribution < -0.4 is 4.74 Å². The number of hydrogen-bond acceptors (Lipinski definition) is 4. The van der Waals surface area contributed by atoms with E-state index in [1.165, 1.54) is 0 Å². The third-order valence-electron chi connectivity index (χ3n) is 3.61.